The van der Waals surface area contributed by atoms with Gasteiger partial charge in [-0.2, -0.15) is 0 Å². The first-order valence-corrected chi connectivity index (χ1v) is 5.23. The molecule has 6 nitrogen and oxygen atoms in total. The van der Waals surface area contributed by atoms with E-state index in [2.05, 4.69) is 9.97 Å². The highest BCUT2D eigenvalue weighted by Crippen LogP contribution is 2.27. The normalized spacial score (nSPS) is 10.3. The zero-order chi connectivity index (χ0) is 13.3. The van der Waals surface area contributed by atoms with Crippen molar-refractivity contribution in [1.29, 1.82) is 0 Å². The Morgan fingerprint density at radius 1 is 1.17 bits per heavy atom. The van der Waals surface area contributed by atoms with Gasteiger partial charge in [-0.1, -0.05) is 24.3 Å². The molecule has 0 aliphatic carbocycles. The van der Waals surface area contributed by atoms with Crippen molar-refractivity contribution in [3.8, 4) is 11.3 Å². The van der Waals surface area contributed by atoms with Crippen LogP contribution in [0, 0.1) is 6.92 Å². The van der Waals surface area contributed by atoms with Crippen molar-refractivity contribution < 1.29 is 9.90 Å². The molecule has 0 atom stereocenters. The average molecular weight is 244 g/mol. The summed E-state index contributed by atoms with van der Waals surface area (Å²) in [6.45, 7) is 1.88. The number of aromatic carboxylic acids is 1. The molecule has 0 spiro atoms. The van der Waals surface area contributed by atoms with E-state index < -0.39 is 5.97 Å². The standard InChI is InChI=1S/C12H12N4O2/c1-6-4-2-3-5-7(6)8-10(13)16-11(14)9(15-8)12(17)18/h2-5H,1H3,(H,17,18)(H4,13,14,16). The summed E-state index contributed by atoms with van der Waals surface area (Å²) in [5, 5.41) is 8.97. The monoisotopic (exact) mass is 244 g/mol. The van der Waals surface area contributed by atoms with Gasteiger partial charge in [0.1, 0.15) is 5.69 Å². The number of carboxylic acid groups (broad SMARTS) is 1. The highest BCUT2D eigenvalue weighted by atomic mass is 16.4. The van der Waals surface area contributed by atoms with Crippen molar-refractivity contribution in [2.75, 3.05) is 11.5 Å². The largest absolute Gasteiger partial charge is 0.476 e. The van der Waals surface area contributed by atoms with Gasteiger partial charge in [0, 0.05) is 5.56 Å². The van der Waals surface area contributed by atoms with E-state index >= 15 is 0 Å². The second kappa shape index (κ2) is 4.33. The third kappa shape index (κ3) is 1.95. The summed E-state index contributed by atoms with van der Waals surface area (Å²) < 4.78 is 0. The van der Waals surface area contributed by atoms with Crippen LogP contribution in [0.4, 0.5) is 11.6 Å². The summed E-state index contributed by atoms with van der Waals surface area (Å²) in [4.78, 5) is 18.8. The summed E-state index contributed by atoms with van der Waals surface area (Å²) in [7, 11) is 0. The predicted molar refractivity (Wildman–Crippen MR) is 68.0 cm³/mol. The van der Waals surface area contributed by atoms with Gasteiger partial charge in [0.05, 0.1) is 0 Å². The maximum Gasteiger partial charge on any atom is 0.358 e. The number of carboxylic acids is 1. The van der Waals surface area contributed by atoms with Crippen LogP contribution in [0.15, 0.2) is 24.3 Å². The Kier molecular flexibility index (Phi) is 2.85. The Balaban J connectivity index is 2.69. The number of hydrogen-bond acceptors (Lipinski definition) is 5. The lowest BCUT2D eigenvalue weighted by atomic mass is 10.1. The molecule has 1 aromatic carbocycles. The summed E-state index contributed by atoms with van der Waals surface area (Å²) in [6.07, 6.45) is 0. The van der Waals surface area contributed by atoms with E-state index in [4.69, 9.17) is 16.6 Å². The highest BCUT2D eigenvalue weighted by molar-refractivity contribution is 5.92. The molecule has 0 amide bonds. The number of rotatable bonds is 2. The number of carbonyl (C=O) groups is 1. The lowest BCUT2D eigenvalue weighted by Crippen LogP contribution is -2.11. The van der Waals surface area contributed by atoms with E-state index in [-0.39, 0.29) is 17.3 Å². The highest BCUT2D eigenvalue weighted by Gasteiger charge is 2.17. The molecule has 2 rings (SSSR count). The fraction of sp³-hybridized carbons (Fsp3) is 0.0833. The topological polar surface area (TPSA) is 115 Å². The van der Waals surface area contributed by atoms with Crippen LogP contribution in [0.1, 0.15) is 16.1 Å². The van der Waals surface area contributed by atoms with Crippen LogP contribution in [-0.4, -0.2) is 21.0 Å². The van der Waals surface area contributed by atoms with Crippen molar-refractivity contribution in [2.24, 2.45) is 0 Å². The summed E-state index contributed by atoms with van der Waals surface area (Å²) in [6, 6.07) is 7.38. The molecule has 6 heteroatoms. The Morgan fingerprint density at radius 3 is 2.44 bits per heavy atom. The fourth-order valence-electron chi connectivity index (χ4n) is 1.66. The minimum atomic E-state index is -1.23. The van der Waals surface area contributed by atoms with Gasteiger partial charge >= 0.3 is 5.97 Å². The molecule has 5 N–H and O–H groups in total. The maximum absolute atomic E-state index is 11.0. The van der Waals surface area contributed by atoms with Gasteiger partial charge in [-0.3, -0.25) is 0 Å². The molecule has 2 aromatic rings. The lowest BCUT2D eigenvalue weighted by molar-refractivity contribution is 0.0691. The van der Waals surface area contributed by atoms with Gasteiger partial charge < -0.3 is 16.6 Å². The molecule has 0 unspecified atom stereocenters. The number of nitrogens with zero attached hydrogens (tertiary/aromatic N) is 2. The van der Waals surface area contributed by atoms with E-state index in [0.29, 0.717) is 5.69 Å². The number of benzene rings is 1. The lowest BCUT2D eigenvalue weighted by Gasteiger charge is -2.09. The minimum Gasteiger partial charge on any atom is -0.476 e. The van der Waals surface area contributed by atoms with Crippen molar-refractivity contribution >= 4 is 17.6 Å². The van der Waals surface area contributed by atoms with E-state index in [1.807, 2.05) is 25.1 Å². The van der Waals surface area contributed by atoms with Crippen molar-refractivity contribution in [3.63, 3.8) is 0 Å². The van der Waals surface area contributed by atoms with Crippen molar-refractivity contribution in [1.82, 2.24) is 9.97 Å². The first kappa shape index (κ1) is 11.8. The third-order valence-corrected chi connectivity index (χ3v) is 2.55. The number of nitrogen functional groups attached to an aromatic ring is 2. The smallest absolute Gasteiger partial charge is 0.358 e. The molecule has 0 saturated carbocycles. The van der Waals surface area contributed by atoms with Crippen LogP contribution in [0.3, 0.4) is 0 Å². The maximum atomic E-state index is 11.0. The van der Waals surface area contributed by atoms with E-state index in [1.165, 1.54) is 0 Å². The van der Waals surface area contributed by atoms with Crippen molar-refractivity contribution in [2.45, 2.75) is 6.92 Å². The first-order chi connectivity index (χ1) is 8.50. The van der Waals surface area contributed by atoms with Gasteiger partial charge in [-0.05, 0) is 12.5 Å². The third-order valence-electron chi connectivity index (χ3n) is 2.55. The predicted octanol–water partition coefficient (Wildman–Crippen LogP) is 1.31. The van der Waals surface area contributed by atoms with Crippen LogP contribution < -0.4 is 11.5 Å². The number of nitrogens with two attached hydrogens (primary N) is 2. The Morgan fingerprint density at radius 2 is 1.83 bits per heavy atom. The molecule has 1 aromatic heterocycles. The van der Waals surface area contributed by atoms with Crippen LogP contribution in [0.2, 0.25) is 0 Å². The second-order valence-electron chi connectivity index (χ2n) is 3.81. The van der Waals surface area contributed by atoms with E-state index in [9.17, 15) is 4.79 Å². The van der Waals surface area contributed by atoms with Crippen LogP contribution in [-0.2, 0) is 0 Å². The molecular formula is C12H12N4O2. The molecular weight excluding hydrogens is 232 g/mol. The van der Waals surface area contributed by atoms with E-state index in [0.717, 1.165) is 11.1 Å². The Hall–Kier alpha value is -2.63. The van der Waals surface area contributed by atoms with Gasteiger partial charge in [0.25, 0.3) is 0 Å². The average Bonchev–Trinajstić information content (AvgIpc) is 2.30. The van der Waals surface area contributed by atoms with Crippen LogP contribution in [0.5, 0.6) is 0 Å². The molecule has 0 fully saturated rings. The van der Waals surface area contributed by atoms with Gasteiger partial charge in [0.2, 0.25) is 0 Å². The quantitative estimate of drug-likeness (QED) is 0.733. The summed E-state index contributed by atoms with van der Waals surface area (Å²) in [5.41, 5.74) is 12.9. The number of aryl methyl sites for hydroxylation is 1. The molecule has 18 heavy (non-hydrogen) atoms. The minimum absolute atomic E-state index is 0.117. The summed E-state index contributed by atoms with van der Waals surface area (Å²) in [5.74, 6) is -1.29. The second-order valence-corrected chi connectivity index (χ2v) is 3.81. The van der Waals surface area contributed by atoms with Crippen LogP contribution in [0.25, 0.3) is 11.3 Å². The molecule has 0 aliphatic heterocycles. The number of hydrogen-bond donors (Lipinski definition) is 3. The zero-order valence-corrected chi connectivity index (χ0v) is 9.71. The van der Waals surface area contributed by atoms with Gasteiger partial charge in [-0.15, -0.1) is 0 Å². The Bertz CT molecular complexity index is 625. The van der Waals surface area contributed by atoms with Crippen molar-refractivity contribution in [3.05, 3.63) is 35.5 Å². The molecule has 0 aliphatic rings. The molecule has 1 heterocycles. The molecule has 92 valence electrons. The number of anilines is 2. The first-order valence-electron chi connectivity index (χ1n) is 5.23. The number of aromatic nitrogens is 2. The van der Waals surface area contributed by atoms with Crippen LogP contribution >= 0.6 is 0 Å². The van der Waals surface area contributed by atoms with Gasteiger partial charge in [0.15, 0.2) is 17.3 Å². The molecule has 0 bridgehead atoms. The fourth-order valence-corrected chi connectivity index (χ4v) is 1.66. The van der Waals surface area contributed by atoms with E-state index in [1.54, 1.807) is 6.07 Å². The SMILES string of the molecule is Cc1ccccc1-c1nc(C(=O)O)c(N)nc1N. The Labute approximate surface area is 103 Å². The zero-order valence-electron chi connectivity index (χ0n) is 9.71. The summed E-state index contributed by atoms with van der Waals surface area (Å²) >= 11 is 0. The molecule has 0 saturated heterocycles. The molecule has 0 radical (unpaired) electrons. The van der Waals surface area contributed by atoms with Gasteiger partial charge in [-0.25, -0.2) is 14.8 Å².